The van der Waals surface area contributed by atoms with E-state index in [0.717, 1.165) is 29.4 Å². The van der Waals surface area contributed by atoms with Gasteiger partial charge in [-0.05, 0) is 42.8 Å². The smallest absolute Gasteiger partial charge is 0.213 e. The summed E-state index contributed by atoms with van der Waals surface area (Å²) in [5.41, 5.74) is -1.16. The number of halogens is 1. The zero-order chi connectivity index (χ0) is 12.7. The van der Waals surface area contributed by atoms with Crippen LogP contribution in [0.4, 0.5) is 0 Å². The van der Waals surface area contributed by atoms with Crippen LogP contribution in [0.3, 0.4) is 0 Å². The Labute approximate surface area is 118 Å². The summed E-state index contributed by atoms with van der Waals surface area (Å²) in [5.74, 6) is 3.54. The van der Waals surface area contributed by atoms with Crippen molar-refractivity contribution in [3.05, 3.63) is 22.5 Å². The minimum Gasteiger partial charge on any atom is -0.296 e. The summed E-state index contributed by atoms with van der Waals surface area (Å²) in [5, 5.41) is 0.718. The summed E-state index contributed by atoms with van der Waals surface area (Å²) in [4.78, 5) is 0. The Bertz CT molecular complexity index is 342. The Hall–Kier alpha value is 0.700. The van der Waals surface area contributed by atoms with E-state index in [-0.39, 0.29) is 0 Å². The second kappa shape index (κ2) is 7.99. The van der Waals surface area contributed by atoms with Crippen molar-refractivity contribution in [2.24, 2.45) is 0 Å². The van der Waals surface area contributed by atoms with Gasteiger partial charge in [0.1, 0.15) is 0 Å². The third kappa shape index (κ3) is 5.46. The number of allylic oxidation sites excluding steroid dienone is 3. The van der Waals surface area contributed by atoms with Gasteiger partial charge >= 0.3 is 0 Å². The van der Waals surface area contributed by atoms with Crippen molar-refractivity contribution in [2.45, 2.75) is 39.5 Å². The maximum Gasteiger partial charge on any atom is 0.213 e. The summed E-state index contributed by atoms with van der Waals surface area (Å²) < 4.78 is 12.6. The quantitative estimate of drug-likeness (QED) is 0.538. The van der Waals surface area contributed by atoms with Crippen molar-refractivity contribution in [3.8, 4) is 0 Å². The van der Waals surface area contributed by atoms with Gasteiger partial charge in [-0.15, -0.1) is 0 Å². The predicted octanol–water partition coefficient (Wildman–Crippen LogP) is 6.27. The highest BCUT2D eigenvalue weighted by Crippen LogP contribution is 2.71. The molecule has 0 amide bonds. The van der Waals surface area contributed by atoms with Crippen LogP contribution < -0.4 is 0 Å². The van der Waals surface area contributed by atoms with E-state index < -0.39 is 5.55 Å². The molecule has 0 aliphatic heterocycles. The van der Waals surface area contributed by atoms with Gasteiger partial charge in [-0.25, -0.2) is 0 Å². The first-order valence-corrected chi connectivity index (χ1v) is 11.4. The molecular weight excluding hydrogens is 291 g/mol. The van der Waals surface area contributed by atoms with Gasteiger partial charge < -0.3 is 0 Å². The van der Waals surface area contributed by atoms with Crippen molar-refractivity contribution >= 4 is 39.9 Å². The van der Waals surface area contributed by atoms with Crippen LogP contribution in [-0.4, -0.2) is 11.5 Å². The highest BCUT2D eigenvalue weighted by molar-refractivity contribution is 8.91. The molecule has 1 rings (SSSR count). The zero-order valence-electron chi connectivity index (χ0n) is 10.4. The standard InChI is InChI=1S/C12H20ClOPS2/c1-3-16-15(14,17-4-2)10-12(13)11-8-6-5-7-9-11/h8,10H,3-7,9H2,1-2H3/b12-10-. The molecule has 0 aromatic rings. The normalized spacial score (nSPS) is 18.1. The largest absolute Gasteiger partial charge is 0.296 e. The molecule has 98 valence electrons. The molecule has 0 fully saturated rings. The molecule has 0 saturated carbocycles. The van der Waals surface area contributed by atoms with Crippen LogP contribution >= 0.6 is 39.9 Å². The monoisotopic (exact) mass is 310 g/mol. The first-order valence-electron chi connectivity index (χ1n) is 6.08. The van der Waals surface area contributed by atoms with E-state index in [1.54, 1.807) is 0 Å². The van der Waals surface area contributed by atoms with E-state index >= 15 is 0 Å². The maximum absolute atomic E-state index is 12.6. The number of hydrogen-bond acceptors (Lipinski definition) is 3. The van der Waals surface area contributed by atoms with Crippen molar-refractivity contribution in [2.75, 3.05) is 11.5 Å². The van der Waals surface area contributed by atoms with Gasteiger partial charge in [0, 0.05) is 10.8 Å². The minimum atomic E-state index is -2.34. The molecular formula is C12H20ClOPS2. The van der Waals surface area contributed by atoms with E-state index in [0.29, 0.717) is 0 Å². The topological polar surface area (TPSA) is 17.1 Å². The first-order chi connectivity index (χ1) is 8.11. The molecule has 0 aromatic carbocycles. The molecule has 0 aromatic heterocycles. The van der Waals surface area contributed by atoms with Gasteiger partial charge in [0.15, 0.2) is 0 Å². The van der Waals surface area contributed by atoms with E-state index in [2.05, 4.69) is 6.08 Å². The molecule has 1 nitrogen and oxygen atoms in total. The molecule has 1 aliphatic rings. The average molecular weight is 311 g/mol. The Morgan fingerprint density at radius 2 is 2.06 bits per heavy atom. The van der Waals surface area contributed by atoms with Crippen molar-refractivity contribution in [1.82, 2.24) is 0 Å². The molecule has 0 N–H and O–H groups in total. The van der Waals surface area contributed by atoms with Gasteiger partial charge in [0.25, 0.3) is 0 Å². The fraction of sp³-hybridized carbons (Fsp3) is 0.667. The molecule has 0 atom stereocenters. The summed E-state index contributed by atoms with van der Waals surface area (Å²) in [6, 6.07) is 0. The fourth-order valence-electron chi connectivity index (χ4n) is 1.75. The first kappa shape index (κ1) is 15.8. The lowest BCUT2D eigenvalue weighted by molar-refractivity contribution is 0.598. The molecule has 0 spiro atoms. The van der Waals surface area contributed by atoms with Gasteiger partial charge in [-0.3, -0.25) is 4.57 Å². The van der Waals surface area contributed by atoms with Crippen molar-refractivity contribution in [1.29, 1.82) is 0 Å². The van der Waals surface area contributed by atoms with Crippen LogP contribution in [-0.2, 0) is 4.57 Å². The summed E-state index contributed by atoms with van der Waals surface area (Å²) in [7, 11) is 0. The highest BCUT2D eigenvalue weighted by Gasteiger charge is 2.21. The minimum absolute atomic E-state index is 0.718. The van der Waals surface area contributed by atoms with Crippen LogP contribution in [0.25, 0.3) is 0 Å². The molecule has 0 saturated heterocycles. The predicted molar refractivity (Wildman–Crippen MR) is 84.4 cm³/mol. The van der Waals surface area contributed by atoms with Crippen LogP contribution in [0.5, 0.6) is 0 Å². The van der Waals surface area contributed by atoms with Gasteiger partial charge in [0.05, 0.1) is 0 Å². The lowest BCUT2D eigenvalue weighted by atomic mass is 10.00. The molecule has 0 heterocycles. The lowest BCUT2D eigenvalue weighted by Crippen LogP contribution is -1.91. The van der Waals surface area contributed by atoms with Gasteiger partial charge in [0.2, 0.25) is 5.55 Å². The Balaban J connectivity index is 2.82. The van der Waals surface area contributed by atoms with Crippen LogP contribution in [0, 0.1) is 0 Å². The number of rotatable bonds is 6. The van der Waals surface area contributed by atoms with Crippen LogP contribution in [0.1, 0.15) is 39.5 Å². The third-order valence-electron chi connectivity index (χ3n) is 2.49. The molecule has 0 bridgehead atoms. The molecule has 0 unspecified atom stereocenters. The second-order valence-corrected chi connectivity index (χ2v) is 12.7. The van der Waals surface area contributed by atoms with Gasteiger partial charge in [-0.1, -0.05) is 54.3 Å². The summed E-state index contributed by atoms with van der Waals surface area (Å²) >= 11 is 9.36. The molecule has 1 aliphatic carbocycles. The Morgan fingerprint density at radius 3 is 2.53 bits per heavy atom. The molecule has 5 heteroatoms. The fourth-order valence-corrected chi connectivity index (χ4v) is 10.1. The van der Waals surface area contributed by atoms with Gasteiger partial charge in [-0.2, -0.15) is 0 Å². The highest BCUT2D eigenvalue weighted by atomic mass is 35.5. The van der Waals surface area contributed by atoms with Crippen LogP contribution in [0.2, 0.25) is 0 Å². The summed E-state index contributed by atoms with van der Waals surface area (Å²) in [6.45, 7) is 4.07. The molecule has 0 radical (unpaired) electrons. The van der Waals surface area contributed by atoms with E-state index in [1.807, 2.05) is 19.7 Å². The average Bonchev–Trinajstić information content (AvgIpc) is 2.30. The maximum atomic E-state index is 12.6. The third-order valence-corrected chi connectivity index (χ3v) is 11.0. The lowest BCUT2D eigenvalue weighted by Gasteiger charge is -2.15. The zero-order valence-corrected chi connectivity index (χ0v) is 13.7. The van der Waals surface area contributed by atoms with Crippen LogP contribution in [0.15, 0.2) is 22.5 Å². The Morgan fingerprint density at radius 1 is 1.41 bits per heavy atom. The Kier molecular flexibility index (Phi) is 7.40. The SMILES string of the molecule is CCSP(=O)(/C=C(\Cl)C1=CCCCC1)SCC. The second-order valence-electron chi connectivity index (χ2n) is 3.83. The van der Waals surface area contributed by atoms with E-state index in [9.17, 15) is 4.57 Å². The van der Waals surface area contributed by atoms with Crippen molar-refractivity contribution in [3.63, 3.8) is 0 Å². The van der Waals surface area contributed by atoms with Crippen molar-refractivity contribution < 1.29 is 4.57 Å². The molecule has 17 heavy (non-hydrogen) atoms. The summed E-state index contributed by atoms with van der Waals surface area (Å²) in [6.07, 6.45) is 6.77. The number of hydrogen-bond donors (Lipinski definition) is 0. The van der Waals surface area contributed by atoms with E-state index in [1.165, 1.54) is 41.2 Å². The van der Waals surface area contributed by atoms with E-state index in [4.69, 9.17) is 11.6 Å².